The highest BCUT2D eigenvalue weighted by Gasteiger charge is 2.11. The van der Waals surface area contributed by atoms with Crippen molar-refractivity contribution in [1.82, 2.24) is 19.7 Å². The fourth-order valence-electron chi connectivity index (χ4n) is 1.79. The number of H-pyrrole nitrogens is 1. The smallest absolute Gasteiger partial charge is 0.123 e. The summed E-state index contributed by atoms with van der Waals surface area (Å²) < 4.78 is 1.77. The summed E-state index contributed by atoms with van der Waals surface area (Å²) in [6.07, 6.45) is 8.84. The number of aromatic nitrogens is 4. The quantitative estimate of drug-likeness (QED) is 0.829. The summed E-state index contributed by atoms with van der Waals surface area (Å²) in [6.45, 7) is 2.16. The highest BCUT2D eigenvalue weighted by molar-refractivity contribution is 5.56. The van der Waals surface area contributed by atoms with E-state index in [1.807, 2.05) is 25.6 Å². The van der Waals surface area contributed by atoms with Crippen molar-refractivity contribution in [3.8, 4) is 11.3 Å². The predicted octanol–water partition coefficient (Wildman–Crippen LogP) is 2.00. The maximum absolute atomic E-state index is 6.06. The van der Waals surface area contributed by atoms with Gasteiger partial charge in [0.15, 0.2) is 0 Å². The van der Waals surface area contributed by atoms with E-state index in [2.05, 4.69) is 22.0 Å². The van der Waals surface area contributed by atoms with Crippen LogP contribution in [0.4, 0.5) is 0 Å². The van der Waals surface area contributed by atoms with Crippen molar-refractivity contribution in [3.63, 3.8) is 0 Å². The summed E-state index contributed by atoms with van der Waals surface area (Å²) in [4.78, 5) is 7.60. The molecule has 5 heteroatoms. The van der Waals surface area contributed by atoms with Crippen molar-refractivity contribution in [2.75, 3.05) is 0 Å². The van der Waals surface area contributed by atoms with E-state index in [9.17, 15) is 0 Å². The molecule has 0 amide bonds. The van der Waals surface area contributed by atoms with Gasteiger partial charge < -0.3 is 10.7 Å². The van der Waals surface area contributed by atoms with Crippen LogP contribution in [-0.2, 0) is 7.05 Å². The number of aryl methyl sites for hydroxylation is 1. The van der Waals surface area contributed by atoms with Crippen molar-refractivity contribution in [2.24, 2.45) is 12.8 Å². The van der Waals surface area contributed by atoms with Gasteiger partial charge in [0, 0.05) is 18.8 Å². The molecule has 17 heavy (non-hydrogen) atoms. The average Bonchev–Trinajstić information content (AvgIpc) is 2.93. The summed E-state index contributed by atoms with van der Waals surface area (Å²) in [5.41, 5.74) is 8.07. The second-order valence-electron chi connectivity index (χ2n) is 4.33. The Labute approximate surface area is 101 Å². The molecule has 0 aliphatic heterocycles. The first-order chi connectivity index (χ1) is 8.20. The monoisotopic (exact) mass is 233 g/mol. The van der Waals surface area contributed by atoms with Gasteiger partial charge in [0.2, 0.25) is 0 Å². The largest absolute Gasteiger partial charge is 0.341 e. The van der Waals surface area contributed by atoms with Crippen LogP contribution in [0.1, 0.15) is 38.1 Å². The zero-order valence-corrected chi connectivity index (χ0v) is 10.3. The predicted molar refractivity (Wildman–Crippen MR) is 67.2 cm³/mol. The molecule has 3 N–H and O–H groups in total. The molecule has 0 spiro atoms. The summed E-state index contributed by atoms with van der Waals surface area (Å²) >= 11 is 0. The lowest BCUT2D eigenvalue weighted by Crippen LogP contribution is -2.11. The second-order valence-corrected chi connectivity index (χ2v) is 4.33. The number of unbranched alkanes of at least 4 members (excludes halogenated alkanes) is 1. The van der Waals surface area contributed by atoms with Gasteiger partial charge in [0.05, 0.1) is 24.1 Å². The first kappa shape index (κ1) is 11.9. The summed E-state index contributed by atoms with van der Waals surface area (Å²) in [7, 11) is 1.90. The average molecular weight is 233 g/mol. The molecule has 2 aromatic heterocycles. The lowest BCUT2D eigenvalue weighted by Gasteiger charge is -2.06. The van der Waals surface area contributed by atoms with Crippen LogP contribution in [0.25, 0.3) is 11.3 Å². The topological polar surface area (TPSA) is 72.5 Å². The molecule has 0 fully saturated rings. The first-order valence-electron chi connectivity index (χ1n) is 6.00. The third kappa shape index (κ3) is 2.74. The molecular weight excluding hydrogens is 214 g/mol. The van der Waals surface area contributed by atoms with Crippen LogP contribution in [0.15, 0.2) is 18.6 Å². The van der Waals surface area contributed by atoms with E-state index >= 15 is 0 Å². The van der Waals surface area contributed by atoms with Crippen molar-refractivity contribution in [3.05, 3.63) is 24.4 Å². The maximum atomic E-state index is 6.06. The molecule has 2 aromatic rings. The lowest BCUT2D eigenvalue weighted by atomic mass is 10.1. The molecule has 0 radical (unpaired) electrons. The number of hydrogen-bond acceptors (Lipinski definition) is 3. The Morgan fingerprint density at radius 1 is 1.47 bits per heavy atom. The molecule has 0 saturated carbocycles. The minimum absolute atomic E-state index is 0.000344. The zero-order chi connectivity index (χ0) is 12.3. The minimum atomic E-state index is 0.000344. The molecule has 0 saturated heterocycles. The maximum Gasteiger partial charge on any atom is 0.123 e. The van der Waals surface area contributed by atoms with Crippen LogP contribution in [0.3, 0.4) is 0 Å². The van der Waals surface area contributed by atoms with Crippen LogP contribution in [0, 0.1) is 0 Å². The Kier molecular flexibility index (Phi) is 3.58. The van der Waals surface area contributed by atoms with E-state index in [4.69, 9.17) is 5.73 Å². The van der Waals surface area contributed by atoms with Crippen molar-refractivity contribution < 1.29 is 0 Å². The summed E-state index contributed by atoms with van der Waals surface area (Å²) in [5.74, 6) is 0.859. The standard InChI is InChI=1S/C12H19N5/c1-3-4-5-10(13)12-14-7-11(16-12)9-6-15-17(2)8-9/h6-8,10H,3-5,13H2,1-2H3,(H,14,16). The van der Waals surface area contributed by atoms with E-state index in [1.54, 1.807) is 4.68 Å². The van der Waals surface area contributed by atoms with Gasteiger partial charge in [0.25, 0.3) is 0 Å². The van der Waals surface area contributed by atoms with Crippen molar-refractivity contribution >= 4 is 0 Å². The van der Waals surface area contributed by atoms with E-state index in [0.29, 0.717) is 0 Å². The molecule has 0 aromatic carbocycles. The van der Waals surface area contributed by atoms with Crippen LogP contribution < -0.4 is 5.73 Å². The number of imidazole rings is 1. The fourth-order valence-corrected chi connectivity index (χ4v) is 1.79. The molecule has 0 bridgehead atoms. The van der Waals surface area contributed by atoms with Crippen molar-refractivity contribution in [2.45, 2.75) is 32.2 Å². The van der Waals surface area contributed by atoms with Crippen LogP contribution in [0.2, 0.25) is 0 Å². The highest BCUT2D eigenvalue weighted by Crippen LogP contribution is 2.19. The van der Waals surface area contributed by atoms with Gasteiger partial charge in [-0.05, 0) is 6.42 Å². The first-order valence-corrected chi connectivity index (χ1v) is 6.00. The Bertz CT molecular complexity index is 471. The van der Waals surface area contributed by atoms with Gasteiger partial charge in [-0.25, -0.2) is 4.98 Å². The number of nitrogens with zero attached hydrogens (tertiary/aromatic N) is 3. The molecule has 0 aliphatic carbocycles. The summed E-state index contributed by atoms with van der Waals surface area (Å²) in [5, 5.41) is 4.13. The zero-order valence-electron chi connectivity index (χ0n) is 10.3. The lowest BCUT2D eigenvalue weighted by molar-refractivity contribution is 0.580. The van der Waals surface area contributed by atoms with Gasteiger partial charge in [-0.3, -0.25) is 4.68 Å². The van der Waals surface area contributed by atoms with Crippen molar-refractivity contribution in [1.29, 1.82) is 0 Å². The second kappa shape index (κ2) is 5.14. The molecule has 2 heterocycles. The van der Waals surface area contributed by atoms with E-state index in [0.717, 1.165) is 36.3 Å². The normalized spacial score (nSPS) is 12.9. The molecule has 1 unspecified atom stereocenters. The Balaban J connectivity index is 2.10. The van der Waals surface area contributed by atoms with E-state index in [1.165, 1.54) is 0 Å². The van der Waals surface area contributed by atoms with Gasteiger partial charge in [-0.2, -0.15) is 5.10 Å². The molecule has 1 atom stereocenters. The Hall–Kier alpha value is -1.62. The Morgan fingerprint density at radius 3 is 2.94 bits per heavy atom. The van der Waals surface area contributed by atoms with Crippen LogP contribution >= 0.6 is 0 Å². The van der Waals surface area contributed by atoms with Crippen LogP contribution in [0.5, 0.6) is 0 Å². The van der Waals surface area contributed by atoms with Gasteiger partial charge in [-0.15, -0.1) is 0 Å². The summed E-state index contributed by atoms with van der Waals surface area (Å²) in [6, 6.07) is 0.000344. The number of rotatable bonds is 5. The molecule has 0 aliphatic rings. The van der Waals surface area contributed by atoms with Crippen LogP contribution in [-0.4, -0.2) is 19.7 Å². The number of aromatic amines is 1. The minimum Gasteiger partial charge on any atom is -0.341 e. The van der Waals surface area contributed by atoms with Gasteiger partial charge in [0.1, 0.15) is 5.82 Å². The number of nitrogens with one attached hydrogen (secondary N) is 1. The molecular formula is C12H19N5. The number of hydrogen-bond donors (Lipinski definition) is 2. The fraction of sp³-hybridized carbons (Fsp3) is 0.500. The van der Waals surface area contributed by atoms with Gasteiger partial charge in [-0.1, -0.05) is 19.8 Å². The molecule has 92 valence electrons. The highest BCUT2D eigenvalue weighted by atomic mass is 15.2. The SMILES string of the molecule is CCCCC(N)c1ncc(-c2cnn(C)c2)[nH]1. The molecule has 2 rings (SSSR count). The molecule has 5 nitrogen and oxygen atoms in total. The Morgan fingerprint density at radius 2 is 2.29 bits per heavy atom. The van der Waals surface area contributed by atoms with Gasteiger partial charge >= 0.3 is 0 Å². The third-order valence-corrected chi connectivity index (χ3v) is 2.83. The third-order valence-electron chi connectivity index (χ3n) is 2.83. The number of nitrogens with two attached hydrogens (primary N) is 1. The van der Waals surface area contributed by atoms with E-state index < -0.39 is 0 Å². The van der Waals surface area contributed by atoms with E-state index in [-0.39, 0.29) is 6.04 Å².